The van der Waals surface area contributed by atoms with Gasteiger partial charge in [0, 0.05) is 51.4 Å². The number of nitrogens with zero attached hydrogens (tertiary/aromatic N) is 4. The summed E-state index contributed by atoms with van der Waals surface area (Å²) in [7, 11) is 4.92. The molecular formula is C34H46N6O6. The van der Waals surface area contributed by atoms with E-state index in [1.165, 1.54) is 7.11 Å². The lowest BCUT2D eigenvalue weighted by atomic mass is 10.1. The number of aryl methyl sites for hydroxylation is 1. The molecule has 0 saturated carbocycles. The summed E-state index contributed by atoms with van der Waals surface area (Å²) < 4.78 is 18.5. The highest BCUT2D eigenvalue weighted by atomic mass is 16.5. The topological polar surface area (TPSA) is 127 Å². The van der Waals surface area contributed by atoms with Gasteiger partial charge in [-0.15, -0.1) is 0 Å². The molecule has 0 saturated heterocycles. The van der Waals surface area contributed by atoms with Crippen molar-refractivity contribution in [2.75, 3.05) is 54.1 Å². The molecule has 1 aliphatic heterocycles. The molecule has 2 bridgehead atoms. The summed E-state index contributed by atoms with van der Waals surface area (Å²) in [6, 6.07) is 12.5. The monoisotopic (exact) mass is 634 g/mol. The predicted molar refractivity (Wildman–Crippen MR) is 174 cm³/mol. The summed E-state index contributed by atoms with van der Waals surface area (Å²) >= 11 is 0. The molecule has 3 amide bonds. The molecule has 12 nitrogen and oxygen atoms in total. The van der Waals surface area contributed by atoms with Crippen molar-refractivity contribution in [3.05, 3.63) is 66.0 Å². The Labute approximate surface area is 271 Å². The summed E-state index contributed by atoms with van der Waals surface area (Å²) in [5.41, 5.74) is 2.82. The van der Waals surface area contributed by atoms with Crippen molar-refractivity contribution < 1.29 is 28.6 Å². The molecule has 1 aromatic heterocycles. The number of carbonyl (C=O) groups excluding carboxylic acids is 3. The van der Waals surface area contributed by atoms with Crippen molar-refractivity contribution >= 4 is 17.7 Å². The molecule has 0 fully saturated rings. The first-order valence-electron chi connectivity index (χ1n) is 15.8. The molecule has 4 rings (SSSR count). The predicted octanol–water partition coefficient (Wildman–Crippen LogP) is 2.97. The Morgan fingerprint density at radius 2 is 1.70 bits per heavy atom. The lowest BCUT2D eigenvalue weighted by Gasteiger charge is -2.24. The molecular weight excluding hydrogens is 588 g/mol. The minimum Gasteiger partial charge on any atom is -0.494 e. The third-order valence-corrected chi connectivity index (χ3v) is 7.92. The van der Waals surface area contributed by atoms with Gasteiger partial charge in [-0.25, -0.2) is 4.68 Å². The van der Waals surface area contributed by atoms with Crippen molar-refractivity contribution in [1.82, 2.24) is 30.2 Å². The maximum absolute atomic E-state index is 13.0. The van der Waals surface area contributed by atoms with Crippen LogP contribution in [0.5, 0.6) is 17.2 Å². The van der Waals surface area contributed by atoms with E-state index >= 15 is 0 Å². The van der Waals surface area contributed by atoms with Crippen LogP contribution >= 0.6 is 0 Å². The lowest BCUT2D eigenvalue weighted by molar-refractivity contribution is -0.135. The Bertz CT molecular complexity index is 1460. The van der Waals surface area contributed by atoms with Crippen molar-refractivity contribution in [3.8, 4) is 22.9 Å². The van der Waals surface area contributed by atoms with Crippen LogP contribution in [0.3, 0.4) is 0 Å². The molecule has 0 spiro atoms. The molecule has 46 heavy (non-hydrogen) atoms. The first-order valence-corrected chi connectivity index (χ1v) is 15.8. The Balaban J connectivity index is 1.43. The van der Waals surface area contributed by atoms with Crippen LogP contribution in [0.4, 0.5) is 0 Å². The summed E-state index contributed by atoms with van der Waals surface area (Å²) in [5, 5.41) is 10.3. The van der Waals surface area contributed by atoms with Gasteiger partial charge in [0.2, 0.25) is 11.8 Å². The fraction of sp³-hybridized carbons (Fsp3) is 0.471. The standard InChI is InChI=1S/C34H46N6O6/c1-25-34(43)38(2)17-7-8-18-39(22-27-21-36-40(23-27)28-10-5-6-11-29(28)44-3)19-9-16-35-32(41)15-13-26-12-14-30(45-4)31(20-26)46-24-33(42)37-25/h5-6,10-12,14,20-21,23,25H,7-9,13,15-19,22,24H2,1-4H3,(H,35,41)(H,37,42)/t25-/m0/s1. The van der Waals surface area contributed by atoms with E-state index in [0.29, 0.717) is 44.0 Å². The molecule has 2 N–H and O–H groups in total. The number of methoxy groups -OCH3 is 2. The summed E-state index contributed by atoms with van der Waals surface area (Å²) in [6.45, 7) is 4.84. The summed E-state index contributed by atoms with van der Waals surface area (Å²) in [5.74, 6) is 1.04. The van der Waals surface area contributed by atoms with Gasteiger partial charge in [-0.05, 0) is 69.0 Å². The third kappa shape index (κ3) is 9.96. The van der Waals surface area contributed by atoms with E-state index in [1.807, 2.05) is 47.4 Å². The number of carbonyl (C=O) groups is 3. The van der Waals surface area contributed by atoms with Gasteiger partial charge < -0.3 is 29.7 Å². The van der Waals surface area contributed by atoms with Gasteiger partial charge in [-0.3, -0.25) is 19.3 Å². The van der Waals surface area contributed by atoms with Gasteiger partial charge in [-0.2, -0.15) is 5.10 Å². The highest BCUT2D eigenvalue weighted by molar-refractivity contribution is 5.87. The lowest BCUT2D eigenvalue weighted by Crippen LogP contribution is -2.47. The average molecular weight is 635 g/mol. The van der Waals surface area contributed by atoms with Gasteiger partial charge in [0.15, 0.2) is 18.1 Å². The van der Waals surface area contributed by atoms with E-state index in [2.05, 4.69) is 20.6 Å². The fourth-order valence-electron chi connectivity index (χ4n) is 5.40. The van der Waals surface area contributed by atoms with Crippen LogP contribution in [0, 0.1) is 0 Å². The zero-order valence-corrected chi connectivity index (χ0v) is 27.3. The SMILES string of the molecule is COc1ccc2cc1OCC(=O)N[C@@H](C)C(=O)N(C)CCCCN(Cc1cnn(-c3ccccc3OC)c1)CCCNC(=O)CC2. The highest BCUT2D eigenvalue weighted by Gasteiger charge is 2.20. The van der Waals surface area contributed by atoms with Gasteiger partial charge in [0.05, 0.1) is 20.4 Å². The van der Waals surface area contributed by atoms with E-state index in [4.69, 9.17) is 14.2 Å². The number of benzene rings is 2. The van der Waals surface area contributed by atoms with Crippen molar-refractivity contribution in [2.24, 2.45) is 0 Å². The van der Waals surface area contributed by atoms with E-state index in [1.54, 1.807) is 38.1 Å². The minimum absolute atomic E-state index is 0.0221. The van der Waals surface area contributed by atoms with E-state index in [0.717, 1.165) is 54.9 Å². The summed E-state index contributed by atoms with van der Waals surface area (Å²) in [6.07, 6.45) is 7.19. The van der Waals surface area contributed by atoms with E-state index in [-0.39, 0.29) is 18.4 Å². The van der Waals surface area contributed by atoms with Crippen LogP contribution in [0.15, 0.2) is 54.9 Å². The summed E-state index contributed by atoms with van der Waals surface area (Å²) in [4.78, 5) is 42.2. The maximum Gasteiger partial charge on any atom is 0.258 e. The molecule has 12 heteroatoms. The van der Waals surface area contributed by atoms with Gasteiger partial charge >= 0.3 is 0 Å². The molecule has 2 heterocycles. The maximum atomic E-state index is 13.0. The number of aromatic nitrogens is 2. The molecule has 2 aromatic carbocycles. The zero-order chi connectivity index (χ0) is 32.9. The molecule has 1 atom stereocenters. The number of hydrogen-bond acceptors (Lipinski definition) is 8. The van der Waals surface area contributed by atoms with Crippen molar-refractivity contribution in [1.29, 1.82) is 0 Å². The number of nitrogens with one attached hydrogen (secondary N) is 2. The normalized spacial score (nSPS) is 18.4. The largest absolute Gasteiger partial charge is 0.494 e. The van der Waals surface area contributed by atoms with Crippen molar-refractivity contribution in [3.63, 3.8) is 0 Å². The zero-order valence-electron chi connectivity index (χ0n) is 27.3. The van der Waals surface area contributed by atoms with Crippen molar-refractivity contribution in [2.45, 2.75) is 51.6 Å². The Kier molecular flexibility index (Phi) is 12.8. The number of fused-ring (bicyclic) bond motifs is 2. The van der Waals surface area contributed by atoms with E-state index in [9.17, 15) is 14.4 Å². The van der Waals surface area contributed by atoms with Crippen LogP contribution in [0.1, 0.15) is 43.7 Å². The molecule has 1 aliphatic rings. The van der Waals surface area contributed by atoms with Crippen LogP contribution in [-0.4, -0.2) is 97.4 Å². The second-order valence-corrected chi connectivity index (χ2v) is 11.5. The first-order chi connectivity index (χ1) is 22.3. The second-order valence-electron chi connectivity index (χ2n) is 11.5. The first kappa shape index (κ1) is 34.3. The third-order valence-electron chi connectivity index (χ3n) is 7.92. The molecule has 248 valence electrons. The molecule has 3 aromatic rings. The molecule has 0 radical (unpaired) electrons. The molecule has 0 aliphatic carbocycles. The number of hydrogen-bond donors (Lipinski definition) is 2. The van der Waals surface area contributed by atoms with E-state index < -0.39 is 11.9 Å². The van der Waals surface area contributed by atoms with Crippen LogP contribution in [0.25, 0.3) is 5.69 Å². The Morgan fingerprint density at radius 3 is 2.50 bits per heavy atom. The fourth-order valence-corrected chi connectivity index (χ4v) is 5.40. The van der Waals surface area contributed by atoms with Crippen LogP contribution in [-0.2, 0) is 27.3 Å². The number of likely N-dealkylation sites (N-methyl/N-ethyl adjacent to an activating group) is 1. The smallest absolute Gasteiger partial charge is 0.258 e. The average Bonchev–Trinajstić information content (AvgIpc) is 3.53. The second kappa shape index (κ2) is 17.2. The highest BCUT2D eigenvalue weighted by Crippen LogP contribution is 2.28. The Morgan fingerprint density at radius 1 is 0.935 bits per heavy atom. The van der Waals surface area contributed by atoms with Gasteiger partial charge in [0.1, 0.15) is 17.5 Å². The van der Waals surface area contributed by atoms with Crippen LogP contribution in [0.2, 0.25) is 0 Å². The number of amides is 3. The Hall–Kier alpha value is -4.58. The number of rotatable bonds is 5. The quantitative estimate of drug-likeness (QED) is 0.439. The minimum atomic E-state index is -0.693. The van der Waals surface area contributed by atoms with Gasteiger partial charge in [0.25, 0.3) is 5.91 Å². The molecule has 0 unspecified atom stereocenters. The number of para-hydroxylation sites is 2. The van der Waals surface area contributed by atoms with Crippen LogP contribution < -0.4 is 24.8 Å². The number of ether oxygens (including phenoxy) is 3. The van der Waals surface area contributed by atoms with Gasteiger partial charge in [-0.1, -0.05) is 18.2 Å².